The summed E-state index contributed by atoms with van der Waals surface area (Å²) in [6.45, 7) is 1.95. The predicted octanol–water partition coefficient (Wildman–Crippen LogP) is 0.869. The summed E-state index contributed by atoms with van der Waals surface area (Å²) in [5, 5.41) is 8.69. The summed E-state index contributed by atoms with van der Waals surface area (Å²) >= 11 is 0. The van der Waals surface area contributed by atoms with E-state index in [1.165, 1.54) is 19.3 Å². The lowest BCUT2D eigenvalue weighted by molar-refractivity contribution is -0.145. The molecule has 0 aromatic heterocycles. The maximum Gasteiger partial charge on any atom is 0.314 e. The lowest BCUT2D eigenvalue weighted by atomic mass is 10.0. The quantitative estimate of drug-likeness (QED) is 0.493. The molecule has 1 unspecified atom stereocenters. The van der Waals surface area contributed by atoms with Gasteiger partial charge in [-0.05, 0) is 19.4 Å². The zero-order chi connectivity index (χ0) is 10.3. The highest BCUT2D eigenvalue weighted by Gasteiger charge is 2.23. The van der Waals surface area contributed by atoms with Gasteiger partial charge in [0.2, 0.25) is 0 Å². The van der Waals surface area contributed by atoms with E-state index in [0.717, 1.165) is 0 Å². The molecule has 0 aliphatic carbocycles. The third kappa shape index (κ3) is 4.42. The highest BCUT2D eigenvalue weighted by Crippen LogP contribution is 2.06. The van der Waals surface area contributed by atoms with E-state index in [2.05, 4.69) is 0 Å². The Morgan fingerprint density at radius 3 is 2.54 bits per heavy atom. The standard InChI is InChI=1S/C9H14O4/c1-3-4-8(10)7(9(11)12)5-6-13-2/h3-4,7H,5-6H2,1-2H3,(H,11,12). The van der Waals surface area contributed by atoms with Gasteiger partial charge in [0.05, 0.1) is 0 Å². The minimum Gasteiger partial charge on any atom is -0.481 e. The number of allylic oxidation sites excluding steroid dienone is 2. The van der Waals surface area contributed by atoms with E-state index < -0.39 is 11.9 Å². The number of carbonyl (C=O) groups is 2. The Labute approximate surface area is 77.2 Å². The number of ketones is 1. The van der Waals surface area contributed by atoms with E-state index >= 15 is 0 Å². The van der Waals surface area contributed by atoms with Crippen molar-refractivity contribution in [1.29, 1.82) is 0 Å². The van der Waals surface area contributed by atoms with Crippen LogP contribution < -0.4 is 0 Å². The number of rotatable bonds is 6. The maximum atomic E-state index is 11.2. The summed E-state index contributed by atoms with van der Waals surface area (Å²) in [4.78, 5) is 21.8. The van der Waals surface area contributed by atoms with Gasteiger partial charge in [-0.2, -0.15) is 0 Å². The highest BCUT2D eigenvalue weighted by molar-refractivity contribution is 6.04. The average molecular weight is 186 g/mol. The van der Waals surface area contributed by atoms with Gasteiger partial charge in [0, 0.05) is 13.7 Å². The molecule has 1 atom stereocenters. The maximum absolute atomic E-state index is 11.2. The van der Waals surface area contributed by atoms with Crippen LogP contribution in [0, 0.1) is 5.92 Å². The van der Waals surface area contributed by atoms with Gasteiger partial charge in [0.1, 0.15) is 5.92 Å². The van der Waals surface area contributed by atoms with Crippen LogP contribution in [-0.2, 0) is 14.3 Å². The molecule has 0 saturated heterocycles. The highest BCUT2D eigenvalue weighted by atomic mass is 16.5. The Hall–Kier alpha value is -1.16. The number of carbonyl (C=O) groups excluding carboxylic acids is 1. The molecular weight excluding hydrogens is 172 g/mol. The summed E-state index contributed by atoms with van der Waals surface area (Å²) in [6.07, 6.45) is 3.02. The number of carboxylic acid groups (broad SMARTS) is 1. The molecule has 0 aromatic carbocycles. The van der Waals surface area contributed by atoms with Gasteiger partial charge in [0.15, 0.2) is 5.78 Å². The minimum absolute atomic E-state index is 0.217. The van der Waals surface area contributed by atoms with Crippen molar-refractivity contribution in [2.75, 3.05) is 13.7 Å². The number of aliphatic carboxylic acids is 1. The topological polar surface area (TPSA) is 63.6 Å². The Morgan fingerprint density at radius 2 is 2.15 bits per heavy atom. The number of carboxylic acids is 1. The van der Waals surface area contributed by atoms with Crippen LogP contribution in [-0.4, -0.2) is 30.6 Å². The Kier molecular flexibility index (Phi) is 5.80. The number of methoxy groups -OCH3 is 1. The van der Waals surface area contributed by atoms with Gasteiger partial charge >= 0.3 is 5.97 Å². The number of hydrogen-bond acceptors (Lipinski definition) is 3. The third-order valence-electron chi connectivity index (χ3n) is 1.58. The van der Waals surface area contributed by atoms with Crippen molar-refractivity contribution in [1.82, 2.24) is 0 Å². The Morgan fingerprint density at radius 1 is 1.54 bits per heavy atom. The van der Waals surface area contributed by atoms with Gasteiger partial charge in [-0.25, -0.2) is 0 Å². The Bertz CT molecular complexity index is 208. The van der Waals surface area contributed by atoms with E-state index in [1.54, 1.807) is 6.92 Å². The molecule has 0 heterocycles. The molecule has 1 N–H and O–H groups in total. The average Bonchev–Trinajstić information content (AvgIpc) is 2.05. The summed E-state index contributed by atoms with van der Waals surface area (Å²) in [5.41, 5.74) is 0. The van der Waals surface area contributed by atoms with Crippen LogP contribution in [0.2, 0.25) is 0 Å². The van der Waals surface area contributed by atoms with Gasteiger partial charge in [0.25, 0.3) is 0 Å². The van der Waals surface area contributed by atoms with Gasteiger partial charge < -0.3 is 9.84 Å². The van der Waals surface area contributed by atoms with Crippen molar-refractivity contribution >= 4 is 11.8 Å². The molecule has 0 saturated carbocycles. The van der Waals surface area contributed by atoms with Crippen molar-refractivity contribution in [3.05, 3.63) is 12.2 Å². The zero-order valence-corrected chi connectivity index (χ0v) is 7.82. The fraction of sp³-hybridized carbons (Fsp3) is 0.556. The fourth-order valence-electron chi connectivity index (χ4n) is 0.904. The van der Waals surface area contributed by atoms with Crippen LogP contribution in [0.1, 0.15) is 13.3 Å². The largest absolute Gasteiger partial charge is 0.481 e. The van der Waals surface area contributed by atoms with Crippen LogP contribution in [0.4, 0.5) is 0 Å². The van der Waals surface area contributed by atoms with Crippen LogP contribution in [0.5, 0.6) is 0 Å². The molecule has 0 fully saturated rings. The molecule has 0 bridgehead atoms. The van der Waals surface area contributed by atoms with Gasteiger partial charge in [-0.3, -0.25) is 9.59 Å². The summed E-state index contributed by atoms with van der Waals surface area (Å²) in [6, 6.07) is 0. The molecule has 13 heavy (non-hydrogen) atoms. The first kappa shape index (κ1) is 11.8. The molecule has 0 aromatic rings. The van der Waals surface area contributed by atoms with Crippen molar-refractivity contribution in [2.45, 2.75) is 13.3 Å². The lowest BCUT2D eigenvalue weighted by Crippen LogP contribution is -2.23. The van der Waals surface area contributed by atoms with Crippen LogP contribution in [0.15, 0.2) is 12.2 Å². The van der Waals surface area contributed by atoms with Crippen molar-refractivity contribution < 1.29 is 19.4 Å². The second-order valence-corrected chi connectivity index (χ2v) is 2.57. The molecule has 0 amide bonds. The van der Waals surface area contributed by atoms with Crippen molar-refractivity contribution in [3.8, 4) is 0 Å². The smallest absolute Gasteiger partial charge is 0.314 e. The van der Waals surface area contributed by atoms with Crippen LogP contribution in [0.25, 0.3) is 0 Å². The van der Waals surface area contributed by atoms with E-state index in [9.17, 15) is 9.59 Å². The molecule has 0 rings (SSSR count). The first-order valence-corrected chi connectivity index (χ1v) is 4.01. The normalized spacial score (nSPS) is 13.1. The monoisotopic (exact) mass is 186 g/mol. The molecule has 0 aliphatic heterocycles. The molecule has 0 aliphatic rings. The fourth-order valence-corrected chi connectivity index (χ4v) is 0.904. The number of hydrogen-bond donors (Lipinski definition) is 1. The lowest BCUT2D eigenvalue weighted by Gasteiger charge is -2.07. The molecule has 4 heteroatoms. The predicted molar refractivity (Wildman–Crippen MR) is 47.4 cm³/mol. The molecule has 0 radical (unpaired) electrons. The molecule has 74 valence electrons. The van der Waals surface area contributed by atoms with E-state index in [1.807, 2.05) is 0 Å². The summed E-state index contributed by atoms with van der Waals surface area (Å²) in [5.74, 6) is -2.46. The van der Waals surface area contributed by atoms with E-state index in [-0.39, 0.29) is 18.8 Å². The summed E-state index contributed by atoms with van der Waals surface area (Å²) < 4.78 is 4.71. The first-order chi connectivity index (χ1) is 6.13. The second-order valence-electron chi connectivity index (χ2n) is 2.57. The third-order valence-corrected chi connectivity index (χ3v) is 1.58. The van der Waals surface area contributed by atoms with Gasteiger partial charge in [-0.1, -0.05) is 6.08 Å². The SMILES string of the molecule is CC=CC(=O)C(CCOC)C(=O)O. The Balaban J connectivity index is 4.24. The van der Waals surface area contributed by atoms with Crippen LogP contribution >= 0.6 is 0 Å². The van der Waals surface area contributed by atoms with Crippen molar-refractivity contribution in [2.24, 2.45) is 5.92 Å². The van der Waals surface area contributed by atoms with Crippen molar-refractivity contribution in [3.63, 3.8) is 0 Å². The second kappa shape index (κ2) is 6.37. The minimum atomic E-state index is -1.10. The summed E-state index contributed by atoms with van der Waals surface area (Å²) in [7, 11) is 1.47. The van der Waals surface area contributed by atoms with E-state index in [0.29, 0.717) is 0 Å². The van der Waals surface area contributed by atoms with E-state index in [4.69, 9.17) is 9.84 Å². The molecule has 4 nitrogen and oxygen atoms in total. The number of ether oxygens (including phenoxy) is 1. The van der Waals surface area contributed by atoms with Crippen LogP contribution in [0.3, 0.4) is 0 Å². The van der Waals surface area contributed by atoms with Gasteiger partial charge in [-0.15, -0.1) is 0 Å². The molecule has 0 spiro atoms. The zero-order valence-electron chi connectivity index (χ0n) is 7.82. The molecular formula is C9H14O4. The first-order valence-electron chi connectivity index (χ1n) is 4.01.